The van der Waals surface area contributed by atoms with E-state index in [1.165, 1.54) is 0 Å². The molecule has 0 spiro atoms. The molecule has 0 aliphatic carbocycles. The van der Waals surface area contributed by atoms with Crippen molar-refractivity contribution in [3.8, 4) is 5.75 Å². The van der Waals surface area contributed by atoms with Crippen LogP contribution in [0.4, 0.5) is 0 Å². The molecule has 0 radical (unpaired) electrons. The zero-order chi connectivity index (χ0) is 13.5. The van der Waals surface area contributed by atoms with Gasteiger partial charge in [0.2, 0.25) is 0 Å². The maximum absolute atomic E-state index is 11.3. The molecule has 1 unspecified atom stereocenters. The first-order valence-corrected chi connectivity index (χ1v) is 6.55. The minimum absolute atomic E-state index is 0.0841. The first kappa shape index (κ1) is 13.3. The predicted molar refractivity (Wildman–Crippen MR) is 76.6 cm³/mol. The molecule has 0 aliphatic rings. The lowest BCUT2D eigenvalue weighted by Crippen LogP contribution is -2.04. The van der Waals surface area contributed by atoms with Crippen LogP contribution in [-0.2, 0) is 11.2 Å². The Labute approximate surface area is 114 Å². The van der Waals surface area contributed by atoms with E-state index in [4.69, 9.17) is 4.74 Å². The summed E-state index contributed by atoms with van der Waals surface area (Å²) in [5.74, 6) is 0.785. The van der Waals surface area contributed by atoms with E-state index in [0.29, 0.717) is 6.61 Å². The third kappa shape index (κ3) is 3.68. The van der Waals surface area contributed by atoms with E-state index in [-0.39, 0.29) is 5.92 Å². The molecule has 0 saturated carbocycles. The van der Waals surface area contributed by atoms with Crippen molar-refractivity contribution in [3.63, 3.8) is 0 Å². The fourth-order valence-corrected chi connectivity index (χ4v) is 2.09. The Morgan fingerprint density at radius 3 is 2.32 bits per heavy atom. The first-order chi connectivity index (χ1) is 9.33. The van der Waals surface area contributed by atoms with Gasteiger partial charge in [0.25, 0.3) is 0 Å². The summed E-state index contributed by atoms with van der Waals surface area (Å²) in [6, 6.07) is 17.8. The van der Waals surface area contributed by atoms with E-state index in [1.807, 2.05) is 61.5 Å². The number of ether oxygens (including phenoxy) is 1. The fourth-order valence-electron chi connectivity index (χ4n) is 2.09. The lowest BCUT2D eigenvalue weighted by Gasteiger charge is -2.11. The summed E-state index contributed by atoms with van der Waals surface area (Å²) in [6.07, 6.45) is 1.74. The predicted octanol–water partition coefficient (Wildman–Crippen LogP) is 3.61. The summed E-state index contributed by atoms with van der Waals surface area (Å²) in [5.41, 5.74) is 2.20. The van der Waals surface area contributed by atoms with E-state index in [0.717, 1.165) is 29.6 Å². The van der Waals surface area contributed by atoms with Crippen molar-refractivity contribution < 1.29 is 9.53 Å². The normalized spacial score (nSPS) is 11.8. The summed E-state index contributed by atoms with van der Waals surface area (Å²) >= 11 is 0. The topological polar surface area (TPSA) is 26.3 Å². The van der Waals surface area contributed by atoms with Crippen LogP contribution >= 0.6 is 0 Å². The molecular formula is C17H18O2. The number of aldehydes is 1. The van der Waals surface area contributed by atoms with Crippen molar-refractivity contribution in [3.05, 3.63) is 65.7 Å². The second kappa shape index (κ2) is 6.74. The molecule has 0 heterocycles. The molecule has 0 bridgehead atoms. The molecule has 1 atom stereocenters. The van der Waals surface area contributed by atoms with Crippen LogP contribution in [0.25, 0.3) is 0 Å². The highest BCUT2D eigenvalue weighted by Crippen LogP contribution is 2.20. The van der Waals surface area contributed by atoms with Gasteiger partial charge < -0.3 is 9.53 Å². The van der Waals surface area contributed by atoms with Crippen LogP contribution in [0.15, 0.2) is 54.6 Å². The van der Waals surface area contributed by atoms with E-state index in [2.05, 4.69) is 0 Å². The largest absolute Gasteiger partial charge is 0.494 e. The van der Waals surface area contributed by atoms with Gasteiger partial charge in [0.1, 0.15) is 12.0 Å². The summed E-state index contributed by atoms with van der Waals surface area (Å²) in [7, 11) is 0. The zero-order valence-electron chi connectivity index (χ0n) is 11.1. The molecule has 2 rings (SSSR count). The molecule has 2 aromatic carbocycles. The highest BCUT2D eigenvalue weighted by atomic mass is 16.5. The molecule has 98 valence electrons. The number of hydrogen-bond acceptors (Lipinski definition) is 2. The quantitative estimate of drug-likeness (QED) is 0.736. The number of benzene rings is 2. The molecule has 19 heavy (non-hydrogen) atoms. The van der Waals surface area contributed by atoms with Gasteiger partial charge in [-0.15, -0.1) is 0 Å². The lowest BCUT2D eigenvalue weighted by atomic mass is 9.93. The minimum atomic E-state index is -0.0841. The van der Waals surface area contributed by atoms with Crippen molar-refractivity contribution in [2.75, 3.05) is 6.61 Å². The Morgan fingerprint density at radius 1 is 1.05 bits per heavy atom. The van der Waals surface area contributed by atoms with E-state index < -0.39 is 0 Å². The Hall–Kier alpha value is -2.09. The van der Waals surface area contributed by atoms with E-state index >= 15 is 0 Å². The van der Waals surface area contributed by atoms with Gasteiger partial charge >= 0.3 is 0 Å². The second-order valence-electron chi connectivity index (χ2n) is 4.43. The minimum Gasteiger partial charge on any atom is -0.494 e. The van der Waals surface area contributed by atoms with Crippen LogP contribution in [0.5, 0.6) is 5.75 Å². The average Bonchev–Trinajstić information content (AvgIpc) is 2.48. The Morgan fingerprint density at radius 2 is 1.74 bits per heavy atom. The SMILES string of the molecule is CCOc1ccc(CC(C=O)c2ccccc2)cc1. The zero-order valence-corrected chi connectivity index (χ0v) is 11.1. The van der Waals surface area contributed by atoms with Crippen molar-refractivity contribution in [1.82, 2.24) is 0 Å². The van der Waals surface area contributed by atoms with Crippen LogP contribution in [0.1, 0.15) is 24.0 Å². The van der Waals surface area contributed by atoms with Gasteiger partial charge in [-0.05, 0) is 36.6 Å². The van der Waals surface area contributed by atoms with Crippen LogP contribution in [-0.4, -0.2) is 12.9 Å². The Kier molecular flexibility index (Phi) is 4.73. The standard InChI is InChI=1S/C17H18O2/c1-2-19-17-10-8-14(9-11-17)12-16(13-18)15-6-4-3-5-7-15/h3-11,13,16H,2,12H2,1H3. The second-order valence-corrected chi connectivity index (χ2v) is 4.43. The van der Waals surface area contributed by atoms with Crippen LogP contribution < -0.4 is 4.74 Å². The molecule has 0 N–H and O–H groups in total. The van der Waals surface area contributed by atoms with Crippen LogP contribution in [0, 0.1) is 0 Å². The van der Waals surface area contributed by atoms with Crippen molar-refractivity contribution in [2.45, 2.75) is 19.3 Å². The first-order valence-electron chi connectivity index (χ1n) is 6.55. The van der Waals surface area contributed by atoms with Gasteiger partial charge in [0.05, 0.1) is 6.61 Å². The maximum Gasteiger partial charge on any atom is 0.127 e. The molecule has 0 fully saturated rings. The monoisotopic (exact) mass is 254 g/mol. The molecule has 2 aromatic rings. The van der Waals surface area contributed by atoms with E-state index in [9.17, 15) is 4.79 Å². The lowest BCUT2D eigenvalue weighted by molar-refractivity contribution is -0.109. The molecule has 0 saturated heterocycles. The summed E-state index contributed by atoms with van der Waals surface area (Å²) in [6.45, 7) is 2.63. The number of rotatable bonds is 6. The van der Waals surface area contributed by atoms with Crippen molar-refractivity contribution >= 4 is 6.29 Å². The highest BCUT2D eigenvalue weighted by Gasteiger charge is 2.10. The van der Waals surface area contributed by atoms with Gasteiger partial charge in [0.15, 0.2) is 0 Å². The summed E-state index contributed by atoms with van der Waals surface area (Å²) in [4.78, 5) is 11.3. The smallest absolute Gasteiger partial charge is 0.127 e. The Balaban J connectivity index is 2.08. The van der Waals surface area contributed by atoms with E-state index in [1.54, 1.807) is 0 Å². The maximum atomic E-state index is 11.3. The number of carbonyl (C=O) groups is 1. The number of carbonyl (C=O) groups excluding carboxylic acids is 1. The summed E-state index contributed by atoms with van der Waals surface area (Å²) < 4.78 is 5.41. The average molecular weight is 254 g/mol. The molecule has 0 aliphatic heterocycles. The summed E-state index contributed by atoms with van der Waals surface area (Å²) in [5, 5.41) is 0. The van der Waals surface area contributed by atoms with Crippen molar-refractivity contribution in [2.24, 2.45) is 0 Å². The molecule has 2 nitrogen and oxygen atoms in total. The molecule has 2 heteroatoms. The molecule has 0 aromatic heterocycles. The van der Waals surface area contributed by atoms with Gasteiger partial charge in [-0.25, -0.2) is 0 Å². The van der Waals surface area contributed by atoms with Gasteiger partial charge in [0, 0.05) is 5.92 Å². The molecule has 0 amide bonds. The Bertz CT molecular complexity index is 503. The van der Waals surface area contributed by atoms with Gasteiger partial charge in [-0.2, -0.15) is 0 Å². The number of hydrogen-bond donors (Lipinski definition) is 0. The van der Waals surface area contributed by atoms with Crippen LogP contribution in [0.2, 0.25) is 0 Å². The fraction of sp³-hybridized carbons (Fsp3) is 0.235. The third-order valence-electron chi connectivity index (χ3n) is 3.08. The van der Waals surface area contributed by atoms with Gasteiger partial charge in [-0.1, -0.05) is 42.5 Å². The van der Waals surface area contributed by atoms with Crippen molar-refractivity contribution in [1.29, 1.82) is 0 Å². The van der Waals surface area contributed by atoms with Crippen LogP contribution in [0.3, 0.4) is 0 Å². The van der Waals surface area contributed by atoms with Gasteiger partial charge in [-0.3, -0.25) is 0 Å². The third-order valence-corrected chi connectivity index (χ3v) is 3.08. The highest BCUT2D eigenvalue weighted by molar-refractivity contribution is 5.62. The molecular weight excluding hydrogens is 236 g/mol.